The summed E-state index contributed by atoms with van der Waals surface area (Å²) >= 11 is 1.81. The fourth-order valence-electron chi connectivity index (χ4n) is 3.57. The molecule has 28 heavy (non-hydrogen) atoms. The van der Waals surface area contributed by atoms with E-state index in [2.05, 4.69) is 75.5 Å². The summed E-state index contributed by atoms with van der Waals surface area (Å²) < 4.78 is 0. The SMILES string of the molecule is CC(C)CC(CCSc1ccc2ccccc2c1)C(=O)N[C@H](CO)CC(C)C. The zero-order valence-corrected chi connectivity index (χ0v) is 18.5. The lowest BCUT2D eigenvalue weighted by atomic mass is 9.93. The van der Waals surface area contributed by atoms with Gasteiger partial charge in [-0.2, -0.15) is 0 Å². The van der Waals surface area contributed by atoms with Crippen LogP contribution >= 0.6 is 11.8 Å². The van der Waals surface area contributed by atoms with Crippen LogP contribution < -0.4 is 5.32 Å². The van der Waals surface area contributed by atoms with E-state index in [1.807, 2.05) is 11.8 Å². The van der Waals surface area contributed by atoms with E-state index in [-0.39, 0.29) is 24.5 Å². The van der Waals surface area contributed by atoms with E-state index in [0.29, 0.717) is 11.8 Å². The number of amides is 1. The lowest BCUT2D eigenvalue weighted by Crippen LogP contribution is -2.42. The number of hydrogen-bond acceptors (Lipinski definition) is 3. The molecule has 0 aliphatic carbocycles. The number of carbonyl (C=O) groups is 1. The third-order valence-corrected chi connectivity index (χ3v) is 5.93. The minimum atomic E-state index is -0.143. The van der Waals surface area contributed by atoms with E-state index in [1.165, 1.54) is 15.7 Å². The molecule has 0 aromatic heterocycles. The van der Waals surface area contributed by atoms with Crippen LogP contribution in [0.3, 0.4) is 0 Å². The molecule has 0 fully saturated rings. The number of benzene rings is 2. The van der Waals surface area contributed by atoms with Gasteiger partial charge in [0.25, 0.3) is 0 Å². The van der Waals surface area contributed by atoms with E-state index < -0.39 is 0 Å². The van der Waals surface area contributed by atoms with E-state index >= 15 is 0 Å². The molecule has 0 bridgehead atoms. The first-order valence-electron chi connectivity index (χ1n) is 10.4. The second kappa shape index (κ2) is 11.5. The zero-order chi connectivity index (χ0) is 20.5. The maximum atomic E-state index is 12.8. The summed E-state index contributed by atoms with van der Waals surface area (Å²) in [6.45, 7) is 8.55. The summed E-state index contributed by atoms with van der Waals surface area (Å²) in [5.41, 5.74) is 0. The smallest absolute Gasteiger partial charge is 0.223 e. The number of fused-ring (bicyclic) bond motifs is 1. The van der Waals surface area contributed by atoms with Gasteiger partial charge in [-0.1, -0.05) is 58.0 Å². The van der Waals surface area contributed by atoms with Crippen molar-refractivity contribution in [3.8, 4) is 0 Å². The van der Waals surface area contributed by atoms with Crippen molar-refractivity contribution in [1.82, 2.24) is 5.32 Å². The van der Waals surface area contributed by atoms with Gasteiger partial charge in [-0.05, 0) is 59.8 Å². The maximum absolute atomic E-state index is 12.8. The van der Waals surface area contributed by atoms with Crippen LogP contribution in [-0.2, 0) is 4.79 Å². The van der Waals surface area contributed by atoms with Crippen molar-refractivity contribution in [2.45, 2.75) is 57.9 Å². The summed E-state index contributed by atoms with van der Waals surface area (Å²) in [7, 11) is 0. The monoisotopic (exact) mass is 401 g/mol. The Hall–Kier alpha value is -1.52. The Morgan fingerprint density at radius 2 is 1.68 bits per heavy atom. The topological polar surface area (TPSA) is 49.3 Å². The summed E-state index contributed by atoms with van der Waals surface area (Å²) in [5, 5.41) is 15.2. The molecule has 0 aliphatic rings. The minimum absolute atomic E-state index is 0.00413. The van der Waals surface area contributed by atoms with E-state index in [1.54, 1.807) is 0 Å². The molecule has 0 spiro atoms. The van der Waals surface area contributed by atoms with Gasteiger partial charge in [-0.3, -0.25) is 4.79 Å². The van der Waals surface area contributed by atoms with Crippen LogP contribution in [0, 0.1) is 17.8 Å². The van der Waals surface area contributed by atoms with Crippen LogP contribution in [0.15, 0.2) is 47.4 Å². The molecule has 2 N–H and O–H groups in total. The Morgan fingerprint density at radius 3 is 2.32 bits per heavy atom. The van der Waals surface area contributed by atoms with E-state index in [4.69, 9.17) is 0 Å². The molecule has 2 rings (SSSR count). The van der Waals surface area contributed by atoms with Crippen molar-refractivity contribution in [1.29, 1.82) is 0 Å². The number of thioether (sulfide) groups is 1. The molecular weight excluding hydrogens is 366 g/mol. The van der Waals surface area contributed by atoms with Crippen LogP contribution in [0.5, 0.6) is 0 Å². The fourth-order valence-corrected chi connectivity index (χ4v) is 4.58. The Labute approximate surface area is 174 Å². The lowest BCUT2D eigenvalue weighted by Gasteiger charge is -2.23. The summed E-state index contributed by atoms with van der Waals surface area (Å²) in [6.07, 6.45) is 2.54. The van der Waals surface area contributed by atoms with Gasteiger partial charge in [0.15, 0.2) is 0 Å². The molecule has 1 amide bonds. The van der Waals surface area contributed by atoms with Crippen LogP contribution in [-0.4, -0.2) is 29.4 Å². The highest BCUT2D eigenvalue weighted by atomic mass is 32.2. The molecule has 2 aromatic carbocycles. The predicted molar refractivity (Wildman–Crippen MR) is 121 cm³/mol. The van der Waals surface area contributed by atoms with E-state index in [9.17, 15) is 9.90 Å². The Morgan fingerprint density at radius 1 is 1.00 bits per heavy atom. The lowest BCUT2D eigenvalue weighted by molar-refractivity contribution is -0.126. The molecule has 154 valence electrons. The average molecular weight is 402 g/mol. The highest BCUT2D eigenvalue weighted by Gasteiger charge is 2.22. The highest BCUT2D eigenvalue weighted by Crippen LogP contribution is 2.26. The second-order valence-corrected chi connectivity index (χ2v) is 9.66. The third kappa shape index (κ3) is 7.48. The molecule has 0 saturated carbocycles. The molecule has 2 aromatic rings. The molecule has 0 heterocycles. The van der Waals surface area contributed by atoms with Crippen molar-refractivity contribution >= 4 is 28.4 Å². The quantitative estimate of drug-likeness (QED) is 0.488. The van der Waals surface area contributed by atoms with Crippen LogP contribution in [0.1, 0.15) is 47.0 Å². The number of carbonyl (C=O) groups excluding carboxylic acids is 1. The largest absolute Gasteiger partial charge is 0.394 e. The molecule has 0 radical (unpaired) electrons. The van der Waals surface area contributed by atoms with Crippen molar-refractivity contribution < 1.29 is 9.90 Å². The van der Waals surface area contributed by atoms with Gasteiger partial charge in [-0.25, -0.2) is 0 Å². The maximum Gasteiger partial charge on any atom is 0.223 e. The molecule has 0 saturated heterocycles. The normalized spacial score (nSPS) is 13.8. The van der Waals surface area contributed by atoms with Crippen molar-refractivity contribution in [3.05, 3.63) is 42.5 Å². The summed E-state index contributed by atoms with van der Waals surface area (Å²) in [5.74, 6) is 1.92. The van der Waals surface area contributed by atoms with Crippen LogP contribution in [0.2, 0.25) is 0 Å². The standard InChI is InChI=1S/C24H35NO2S/c1-17(2)13-21(24(27)25-22(16-26)14-18(3)4)11-12-28-23-10-9-19-7-5-6-8-20(19)15-23/h5-10,15,17-18,21-22,26H,11-14,16H2,1-4H3,(H,25,27)/t21?,22-/m0/s1. The van der Waals surface area contributed by atoms with E-state index in [0.717, 1.165) is 25.0 Å². The van der Waals surface area contributed by atoms with Crippen molar-refractivity contribution in [2.75, 3.05) is 12.4 Å². The number of hydrogen-bond donors (Lipinski definition) is 2. The van der Waals surface area contributed by atoms with Gasteiger partial charge >= 0.3 is 0 Å². The number of aliphatic hydroxyl groups is 1. The molecule has 3 nitrogen and oxygen atoms in total. The first kappa shape index (κ1) is 22.8. The highest BCUT2D eigenvalue weighted by molar-refractivity contribution is 7.99. The van der Waals surface area contributed by atoms with Gasteiger partial charge in [0.1, 0.15) is 0 Å². The van der Waals surface area contributed by atoms with Gasteiger partial charge < -0.3 is 10.4 Å². The Balaban J connectivity index is 1.93. The van der Waals surface area contributed by atoms with Crippen LogP contribution in [0.25, 0.3) is 10.8 Å². The van der Waals surface area contributed by atoms with Crippen molar-refractivity contribution in [3.63, 3.8) is 0 Å². The third-order valence-electron chi connectivity index (χ3n) is 4.91. The molecule has 1 unspecified atom stereocenters. The average Bonchev–Trinajstić information content (AvgIpc) is 2.65. The van der Waals surface area contributed by atoms with Crippen molar-refractivity contribution in [2.24, 2.45) is 17.8 Å². The fraction of sp³-hybridized carbons (Fsp3) is 0.542. The molecule has 2 atom stereocenters. The minimum Gasteiger partial charge on any atom is -0.394 e. The number of aliphatic hydroxyl groups excluding tert-OH is 1. The number of nitrogens with one attached hydrogen (secondary N) is 1. The molecular formula is C24H35NO2S. The second-order valence-electron chi connectivity index (χ2n) is 8.49. The van der Waals surface area contributed by atoms with Gasteiger partial charge in [0.05, 0.1) is 12.6 Å². The summed E-state index contributed by atoms with van der Waals surface area (Å²) in [6, 6.07) is 14.8. The van der Waals surface area contributed by atoms with Gasteiger partial charge in [0.2, 0.25) is 5.91 Å². The molecule has 0 aliphatic heterocycles. The Kier molecular flexibility index (Phi) is 9.33. The van der Waals surface area contributed by atoms with Gasteiger partial charge in [-0.15, -0.1) is 11.8 Å². The first-order chi connectivity index (χ1) is 13.4. The summed E-state index contributed by atoms with van der Waals surface area (Å²) in [4.78, 5) is 14.1. The predicted octanol–water partition coefficient (Wildman–Crippen LogP) is 5.51. The molecule has 4 heteroatoms. The zero-order valence-electron chi connectivity index (χ0n) is 17.7. The van der Waals surface area contributed by atoms with Gasteiger partial charge in [0, 0.05) is 10.8 Å². The van der Waals surface area contributed by atoms with Crippen LogP contribution in [0.4, 0.5) is 0 Å². The first-order valence-corrected chi connectivity index (χ1v) is 11.4. The Bertz CT molecular complexity index is 744. The number of rotatable bonds is 11.